The van der Waals surface area contributed by atoms with Crippen LogP contribution in [-0.4, -0.2) is 37.2 Å². The lowest BCUT2D eigenvalue weighted by molar-refractivity contribution is -0.139. The molecule has 2 aromatic carbocycles. The molecule has 0 aliphatic carbocycles. The molecule has 0 spiro atoms. The maximum Gasteiger partial charge on any atom is 0.341 e. The van der Waals surface area contributed by atoms with Gasteiger partial charge in [0.2, 0.25) is 0 Å². The predicted octanol–water partition coefficient (Wildman–Crippen LogP) is 3.49. The average Bonchev–Trinajstić information content (AvgIpc) is 2.64. The number of rotatable bonds is 7. The highest BCUT2D eigenvalue weighted by Gasteiger charge is 2.14. The number of hydrogen-bond acceptors (Lipinski definition) is 4. The molecule has 6 nitrogen and oxygen atoms in total. The molecule has 0 saturated carbocycles. The van der Waals surface area contributed by atoms with E-state index in [-0.39, 0.29) is 17.9 Å². The molecule has 0 atom stereocenters. The Morgan fingerprint density at radius 2 is 1.37 bits per heavy atom. The highest BCUT2D eigenvalue weighted by atomic mass is 16.5. The number of likely N-dealkylation sites (N-methyl/N-ethyl adjacent to an activating group) is 1. The lowest BCUT2D eigenvalue weighted by Crippen LogP contribution is -2.31. The summed E-state index contributed by atoms with van der Waals surface area (Å²) in [5.41, 5.74) is 1.92. The Morgan fingerprint density at radius 1 is 0.889 bits per heavy atom. The van der Waals surface area contributed by atoms with Crippen LogP contribution in [0.2, 0.25) is 0 Å². The van der Waals surface area contributed by atoms with E-state index in [1.54, 1.807) is 31.3 Å². The monoisotopic (exact) mass is 371 g/mol. The standard InChI is InChI=1S/C21H25NO5/c1-21(2,3)15-5-9-17(10-6-15)26-13-19(23)22(4)16-7-11-18(12-8-16)27-14-20(24)25/h5-12H,13-14H2,1-4H3,(H,24,25). The van der Waals surface area contributed by atoms with Crippen LogP contribution in [0.5, 0.6) is 11.5 Å². The van der Waals surface area contributed by atoms with Crippen molar-refractivity contribution in [3.63, 3.8) is 0 Å². The molecule has 144 valence electrons. The molecule has 0 unspecified atom stereocenters. The van der Waals surface area contributed by atoms with Crippen LogP contribution in [0.3, 0.4) is 0 Å². The van der Waals surface area contributed by atoms with Gasteiger partial charge in [0.1, 0.15) is 11.5 Å². The van der Waals surface area contributed by atoms with Gasteiger partial charge in [-0.05, 0) is 47.4 Å². The molecule has 1 amide bonds. The van der Waals surface area contributed by atoms with Crippen LogP contribution in [0.1, 0.15) is 26.3 Å². The number of benzene rings is 2. The Kier molecular flexibility index (Phi) is 6.45. The van der Waals surface area contributed by atoms with Gasteiger partial charge in [-0.1, -0.05) is 32.9 Å². The molecular weight excluding hydrogens is 346 g/mol. The van der Waals surface area contributed by atoms with E-state index in [4.69, 9.17) is 14.6 Å². The molecule has 6 heteroatoms. The Balaban J connectivity index is 1.90. The lowest BCUT2D eigenvalue weighted by atomic mass is 9.87. The summed E-state index contributed by atoms with van der Waals surface area (Å²) in [6, 6.07) is 14.3. The minimum atomic E-state index is -1.04. The maximum atomic E-state index is 12.3. The van der Waals surface area contributed by atoms with Gasteiger partial charge in [0.15, 0.2) is 13.2 Å². The van der Waals surface area contributed by atoms with Gasteiger partial charge in [-0.3, -0.25) is 4.79 Å². The van der Waals surface area contributed by atoms with Gasteiger partial charge < -0.3 is 19.5 Å². The van der Waals surface area contributed by atoms with E-state index in [2.05, 4.69) is 20.8 Å². The second-order valence-corrected chi connectivity index (χ2v) is 7.19. The number of nitrogens with zero attached hydrogens (tertiary/aromatic N) is 1. The van der Waals surface area contributed by atoms with Crippen molar-refractivity contribution in [2.45, 2.75) is 26.2 Å². The quantitative estimate of drug-likeness (QED) is 0.806. The molecule has 2 aromatic rings. The van der Waals surface area contributed by atoms with Crippen molar-refractivity contribution in [3.8, 4) is 11.5 Å². The van der Waals surface area contributed by atoms with Gasteiger partial charge in [-0.15, -0.1) is 0 Å². The van der Waals surface area contributed by atoms with Crippen molar-refractivity contribution in [2.75, 3.05) is 25.2 Å². The summed E-state index contributed by atoms with van der Waals surface area (Å²) >= 11 is 0. The summed E-state index contributed by atoms with van der Waals surface area (Å²) in [4.78, 5) is 24.3. The highest BCUT2D eigenvalue weighted by Crippen LogP contribution is 2.24. The third-order valence-corrected chi connectivity index (χ3v) is 4.04. The van der Waals surface area contributed by atoms with Crippen molar-refractivity contribution in [2.24, 2.45) is 0 Å². The van der Waals surface area contributed by atoms with Crippen LogP contribution in [0.15, 0.2) is 48.5 Å². The zero-order chi connectivity index (χ0) is 20.0. The van der Waals surface area contributed by atoms with Crippen molar-refractivity contribution < 1.29 is 24.2 Å². The number of carbonyl (C=O) groups excluding carboxylic acids is 1. The molecule has 0 aliphatic rings. The van der Waals surface area contributed by atoms with Crippen molar-refractivity contribution in [3.05, 3.63) is 54.1 Å². The number of amides is 1. The number of carboxylic acids is 1. The van der Waals surface area contributed by atoms with E-state index in [1.807, 2.05) is 24.3 Å². The second-order valence-electron chi connectivity index (χ2n) is 7.19. The number of anilines is 1. The number of aliphatic carboxylic acids is 1. The minimum absolute atomic E-state index is 0.0644. The fourth-order valence-electron chi connectivity index (χ4n) is 2.35. The minimum Gasteiger partial charge on any atom is -0.484 e. The van der Waals surface area contributed by atoms with E-state index in [0.717, 1.165) is 0 Å². The van der Waals surface area contributed by atoms with Crippen LogP contribution in [-0.2, 0) is 15.0 Å². The molecule has 0 saturated heterocycles. The van der Waals surface area contributed by atoms with Gasteiger partial charge in [0.05, 0.1) is 0 Å². The Morgan fingerprint density at radius 3 is 1.85 bits per heavy atom. The Labute approximate surface area is 159 Å². The van der Waals surface area contributed by atoms with E-state index in [9.17, 15) is 9.59 Å². The summed E-state index contributed by atoms with van der Waals surface area (Å²) in [5.74, 6) is -0.174. The maximum absolute atomic E-state index is 12.3. The smallest absolute Gasteiger partial charge is 0.341 e. The predicted molar refractivity (Wildman–Crippen MR) is 104 cm³/mol. The first-order valence-corrected chi connectivity index (χ1v) is 8.61. The van der Waals surface area contributed by atoms with E-state index < -0.39 is 12.6 Å². The van der Waals surface area contributed by atoms with Crippen molar-refractivity contribution in [1.29, 1.82) is 0 Å². The molecule has 0 bridgehead atoms. The zero-order valence-electron chi connectivity index (χ0n) is 16.1. The van der Waals surface area contributed by atoms with Gasteiger partial charge in [0, 0.05) is 12.7 Å². The number of ether oxygens (including phenoxy) is 2. The van der Waals surface area contributed by atoms with Crippen molar-refractivity contribution in [1.82, 2.24) is 0 Å². The molecule has 0 heterocycles. The first-order chi connectivity index (χ1) is 12.7. The molecule has 1 N–H and O–H groups in total. The van der Waals surface area contributed by atoms with Crippen LogP contribution < -0.4 is 14.4 Å². The van der Waals surface area contributed by atoms with Crippen LogP contribution >= 0.6 is 0 Å². The first kappa shape index (κ1) is 20.3. The van der Waals surface area contributed by atoms with Gasteiger partial charge in [0.25, 0.3) is 5.91 Å². The van der Waals surface area contributed by atoms with Gasteiger partial charge in [-0.2, -0.15) is 0 Å². The summed E-state index contributed by atoms with van der Waals surface area (Å²) < 4.78 is 10.7. The van der Waals surface area contributed by atoms with Crippen LogP contribution in [0.4, 0.5) is 5.69 Å². The average molecular weight is 371 g/mol. The van der Waals surface area contributed by atoms with E-state index in [1.165, 1.54) is 10.5 Å². The molecule has 0 radical (unpaired) electrons. The molecule has 27 heavy (non-hydrogen) atoms. The second kappa shape index (κ2) is 8.58. The molecule has 0 aliphatic heterocycles. The lowest BCUT2D eigenvalue weighted by Gasteiger charge is -2.20. The van der Waals surface area contributed by atoms with Crippen LogP contribution in [0, 0.1) is 0 Å². The summed E-state index contributed by atoms with van der Waals surface area (Å²) in [7, 11) is 1.65. The highest BCUT2D eigenvalue weighted by molar-refractivity contribution is 5.93. The van der Waals surface area contributed by atoms with E-state index in [0.29, 0.717) is 17.2 Å². The summed E-state index contributed by atoms with van der Waals surface area (Å²) in [6.07, 6.45) is 0. The van der Waals surface area contributed by atoms with Gasteiger partial charge >= 0.3 is 5.97 Å². The SMILES string of the molecule is CN(C(=O)COc1ccc(C(C)(C)C)cc1)c1ccc(OCC(=O)O)cc1. The first-order valence-electron chi connectivity index (χ1n) is 8.61. The molecule has 0 fully saturated rings. The third kappa shape index (κ3) is 6.02. The fourth-order valence-corrected chi connectivity index (χ4v) is 2.35. The summed E-state index contributed by atoms with van der Waals surface area (Å²) in [5, 5.41) is 8.61. The third-order valence-electron chi connectivity index (χ3n) is 4.04. The normalized spacial score (nSPS) is 11.0. The Bertz CT molecular complexity index is 776. The van der Waals surface area contributed by atoms with Crippen LogP contribution in [0.25, 0.3) is 0 Å². The number of carboxylic acid groups (broad SMARTS) is 1. The molecular formula is C21H25NO5. The Hall–Kier alpha value is -3.02. The fraction of sp³-hybridized carbons (Fsp3) is 0.333. The zero-order valence-corrected chi connectivity index (χ0v) is 16.1. The number of hydrogen-bond donors (Lipinski definition) is 1. The number of carbonyl (C=O) groups is 2. The van der Waals surface area contributed by atoms with Gasteiger partial charge in [-0.25, -0.2) is 4.79 Å². The molecule has 2 rings (SSSR count). The van der Waals surface area contributed by atoms with Crippen molar-refractivity contribution >= 4 is 17.6 Å². The topological polar surface area (TPSA) is 76.1 Å². The summed E-state index contributed by atoms with van der Waals surface area (Å²) in [6.45, 7) is 5.93. The van der Waals surface area contributed by atoms with E-state index >= 15 is 0 Å². The largest absolute Gasteiger partial charge is 0.484 e. The molecule has 0 aromatic heterocycles.